The molecule has 0 aliphatic heterocycles. The molecule has 1 aromatic rings. The Morgan fingerprint density at radius 3 is 2.60 bits per heavy atom. The van der Waals surface area contributed by atoms with Crippen molar-refractivity contribution in [2.24, 2.45) is 11.7 Å². The Balaban J connectivity index is 2.82. The van der Waals surface area contributed by atoms with Gasteiger partial charge in [0, 0.05) is 6.04 Å². The molecule has 0 radical (unpaired) electrons. The SMILES string of the molecule is CCC(C)CC(N)c1cccc(Cl)c1Cl. The maximum Gasteiger partial charge on any atom is 0.0640 e. The standard InChI is InChI=1S/C12H17Cl2N/c1-3-8(2)7-11(15)9-5-4-6-10(13)12(9)14/h4-6,8,11H,3,7,15H2,1-2H3. The summed E-state index contributed by atoms with van der Waals surface area (Å²) in [6, 6.07) is 5.59. The predicted molar refractivity (Wildman–Crippen MR) is 67.5 cm³/mol. The molecule has 0 spiro atoms. The van der Waals surface area contributed by atoms with Crippen LogP contribution in [-0.2, 0) is 0 Å². The molecule has 3 heteroatoms. The van der Waals surface area contributed by atoms with E-state index in [1.807, 2.05) is 12.1 Å². The third kappa shape index (κ3) is 3.37. The van der Waals surface area contributed by atoms with E-state index in [-0.39, 0.29) is 6.04 Å². The van der Waals surface area contributed by atoms with Gasteiger partial charge in [0.25, 0.3) is 0 Å². The molecule has 1 aromatic carbocycles. The molecule has 2 atom stereocenters. The highest BCUT2D eigenvalue weighted by Gasteiger charge is 2.14. The summed E-state index contributed by atoms with van der Waals surface area (Å²) in [6.45, 7) is 4.36. The largest absolute Gasteiger partial charge is 0.324 e. The molecule has 1 nitrogen and oxygen atoms in total. The van der Waals surface area contributed by atoms with Gasteiger partial charge in [0.05, 0.1) is 10.0 Å². The zero-order valence-electron chi connectivity index (χ0n) is 9.13. The Labute approximate surface area is 102 Å². The van der Waals surface area contributed by atoms with E-state index in [4.69, 9.17) is 28.9 Å². The minimum absolute atomic E-state index is 0.0221. The zero-order chi connectivity index (χ0) is 11.4. The average molecular weight is 246 g/mol. The third-order valence-corrected chi connectivity index (χ3v) is 3.57. The van der Waals surface area contributed by atoms with Crippen molar-refractivity contribution in [3.8, 4) is 0 Å². The number of hydrogen-bond donors (Lipinski definition) is 1. The lowest BCUT2D eigenvalue weighted by atomic mass is 9.95. The van der Waals surface area contributed by atoms with Crippen LogP contribution < -0.4 is 5.73 Å². The van der Waals surface area contributed by atoms with Crippen LogP contribution in [0.2, 0.25) is 10.0 Å². The summed E-state index contributed by atoms with van der Waals surface area (Å²) in [5, 5.41) is 1.17. The van der Waals surface area contributed by atoms with Crippen molar-refractivity contribution in [3.63, 3.8) is 0 Å². The van der Waals surface area contributed by atoms with E-state index < -0.39 is 0 Å². The molecular weight excluding hydrogens is 229 g/mol. The van der Waals surface area contributed by atoms with Gasteiger partial charge in [-0.05, 0) is 24.0 Å². The Morgan fingerprint density at radius 1 is 1.33 bits per heavy atom. The van der Waals surface area contributed by atoms with Crippen LogP contribution in [-0.4, -0.2) is 0 Å². The first-order valence-electron chi connectivity index (χ1n) is 5.25. The Morgan fingerprint density at radius 2 is 2.00 bits per heavy atom. The van der Waals surface area contributed by atoms with Crippen molar-refractivity contribution in [1.82, 2.24) is 0 Å². The first kappa shape index (κ1) is 12.8. The minimum atomic E-state index is -0.0221. The van der Waals surface area contributed by atoms with Crippen LogP contribution in [0.1, 0.15) is 38.3 Å². The van der Waals surface area contributed by atoms with Gasteiger partial charge in [-0.2, -0.15) is 0 Å². The highest BCUT2D eigenvalue weighted by Crippen LogP contribution is 2.31. The fourth-order valence-corrected chi connectivity index (χ4v) is 1.98. The molecule has 15 heavy (non-hydrogen) atoms. The molecule has 0 aromatic heterocycles. The lowest BCUT2D eigenvalue weighted by molar-refractivity contribution is 0.461. The van der Waals surface area contributed by atoms with Crippen LogP contribution in [0.5, 0.6) is 0 Å². The minimum Gasteiger partial charge on any atom is -0.324 e. The summed E-state index contributed by atoms with van der Waals surface area (Å²) in [7, 11) is 0. The second kappa shape index (κ2) is 5.74. The monoisotopic (exact) mass is 245 g/mol. The zero-order valence-corrected chi connectivity index (χ0v) is 10.6. The first-order valence-corrected chi connectivity index (χ1v) is 6.01. The summed E-state index contributed by atoms with van der Waals surface area (Å²) >= 11 is 12.0. The summed E-state index contributed by atoms with van der Waals surface area (Å²) in [4.78, 5) is 0. The van der Waals surface area contributed by atoms with Crippen molar-refractivity contribution in [2.45, 2.75) is 32.7 Å². The Kier molecular flexibility index (Phi) is 4.91. The van der Waals surface area contributed by atoms with Gasteiger partial charge < -0.3 is 5.73 Å². The number of rotatable bonds is 4. The summed E-state index contributed by atoms with van der Waals surface area (Å²) in [5.41, 5.74) is 7.05. The van der Waals surface area contributed by atoms with Crippen molar-refractivity contribution >= 4 is 23.2 Å². The van der Waals surface area contributed by atoms with E-state index in [1.165, 1.54) is 0 Å². The smallest absolute Gasteiger partial charge is 0.0640 e. The fourth-order valence-electron chi connectivity index (χ4n) is 1.53. The molecule has 0 fully saturated rings. The molecule has 2 N–H and O–H groups in total. The van der Waals surface area contributed by atoms with Crippen LogP contribution in [0.4, 0.5) is 0 Å². The lowest BCUT2D eigenvalue weighted by Gasteiger charge is -2.17. The van der Waals surface area contributed by atoms with E-state index in [2.05, 4.69) is 13.8 Å². The molecule has 0 aliphatic rings. The van der Waals surface area contributed by atoms with Crippen LogP contribution in [0.3, 0.4) is 0 Å². The van der Waals surface area contributed by atoms with Crippen molar-refractivity contribution in [2.75, 3.05) is 0 Å². The molecule has 0 heterocycles. The Hall–Kier alpha value is -0.240. The molecular formula is C12H17Cl2N. The van der Waals surface area contributed by atoms with Crippen LogP contribution >= 0.6 is 23.2 Å². The normalized spacial score (nSPS) is 15.0. The molecule has 0 saturated heterocycles. The van der Waals surface area contributed by atoms with Gasteiger partial charge in [-0.25, -0.2) is 0 Å². The van der Waals surface area contributed by atoms with Crippen LogP contribution in [0.25, 0.3) is 0 Å². The maximum absolute atomic E-state index is 6.10. The van der Waals surface area contributed by atoms with Gasteiger partial charge >= 0.3 is 0 Å². The van der Waals surface area contributed by atoms with Crippen molar-refractivity contribution in [1.29, 1.82) is 0 Å². The number of nitrogens with two attached hydrogens (primary N) is 1. The molecule has 0 bridgehead atoms. The quantitative estimate of drug-likeness (QED) is 0.835. The molecule has 1 rings (SSSR count). The van der Waals surface area contributed by atoms with E-state index in [9.17, 15) is 0 Å². The van der Waals surface area contributed by atoms with Gasteiger partial charge in [0.1, 0.15) is 0 Å². The van der Waals surface area contributed by atoms with Gasteiger partial charge in [-0.3, -0.25) is 0 Å². The second-order valence-corrected chi connectivity index (χ2v) is 4.78. The fraction of sp³-hybridized carbons (Fsp3) is 0.500. The molecule has 84 valence electrons. The molecule has 0 aliphatic carbocycles. The van der Waals surface area contributed by atoms with Gasteiger partial charge in [-0.1, -0.05) is 55.6 Å². The van der Waals surface area contributed by atoms with Crippen molar-refractivity contribution in [3.05, 3.63) is 33.8 Å². The summed E-state index contributed by atoms with van der Waals surface area (Å²) < 4.78 is 0. The molecule has 0 amide bonds. The molecule has 2 unspecified atom stereocenters. The van der Waals surface area contributed by atoms with Crippen LogP contribution in [0.15, 0.2) is 18.2 Å². The second-order valence-electron chi connectivity index (χ2n) is 4.00. The number of halogens is 2. The summed E-state index contributed by atoms with van der Waals surface area (Å²) in [5.74, 6) is 0.607. The van der Waals surface area contributed by atoms with E-state index >= 15 is 0 Å². The van der Waals surface area contributed by atoms with Gasteiger partial charge in [-0.15, -0.1) is 0 Å². The Bertz CT molecular complexity index is 325. The molecule has 0 saturated carbocycles. The maximum atomic E-state index is 6.10. The lowest BCUT2D eigenvalue weighted by Crippen LogP contribution is -2.14. The topological polar surface area (TPSA) is 26.0 Å². The first-order chi connectivity index (χ1) is 7.06. The highest BCUT2D eigenvalue weighted by molar-refractivity contribution is 6.42. The average Bonchev–Trinajstić information content (AvgIpc) is 2.21. The summed E-state index contributed by atoms with van der Waals surface area (Å²) in [6.07, 6.45) is 2.07. The van der Waals surface area contributed by atoms with E-state index in [0.717, 1.165) is 18.4 Å². The highest BCUT2D eigenvalue weighted by atomic mass is 35.5. The number of hydrogen-bond acceptors (Lipinski definition) is 1. The van der Waals surface area contributed by atoms with Crippen molar-refractivity contribution < 1.29 is 0 Å². The number of benzene rings is 1. The van der Waals surface area contributed by atoms with Crippen LogP contribution in [0, 0.1) is 5.92 Å². The van der Waals surface area contributed by atoms with Gasteiger partial charge in [0.2, 0.25) is 0 Å². The van der Waals surface area contributed by atoms with E-state index in [1.54, 1.807) is 6.07 Å². The van der Waals surface area contributed by atoms with Gasteiger partial charge in [0.15, 0.2) is 0 Å². The third-order valence-electron chi connectivity index (χ3n) is 2.73. The predicted octanol–water partition coefficient (Wildman–Crippen LogP) is 4.43. The van der Waals surface area contributed by atoms with E-state index in [0.29, 0.717) is 16.0 Å².